The van der Waals surface area contributed by atoms with E-state index in [4.69, 9.17) is 9.47 Å². The van der Waals surface area contributed by atoms with Crippen LogP contribution in [0.15, 0.2) is 131 Å². The lowest BCUT2D eigenvalue weighted by molar-refractivity contribution is -0.137. The van der Waals surface area contributed by atoms with Crippen LogP contribution in [0.25, 0.3) is 33.8 Å². The number of alkyl halides is 6. The van der Waals surface area contributed by atoms with E-state index in [0.29, 0.717) is 41.1 Å². The summed E-state index contributed by atoms with van der Waals surface area (Å²) in [6.45, 7) is 6.42. The molecule has 0 aliphatic heterocycles. The van der Waals surface area contributed by atoms with Gasteiger partial charge in [0.15, 0.2) is 19.7 Å². The van der Waals surface area contributed by atoms with Crippen LogP contribution in [0.3, 0.4) is 0 Å². The Morgan fingerprint density at radius 3 is 1.76 bits per heavy atom. The molecule has 10 nitrogen and oxygen atoms in total. The van der Waals surface area contributed by atoms with Crippen molar-refractivity contribution in [3.8, 4) is 45.5 Å². The van der Waals surface area contributed by atoms with Gasteiger partial charge in [-0.2, -0.15) is 26.3 Å². The van der Waals surface area contributed by atoms with Crippen molar-refractivity contribution >= 4 is 31.0 Å². The Morgan fingerprint density at radius 1 is 0.621 bits per heavy atom. The van der Waals surface area contributed by atoms with Crippen LogP contribution in [0.4, 0.5) is 30.7 Å². The largest absolute Gasteiger partial charge is 0.457 e. The Morgan fingerprint density at radius 2 is 1.18 bits per heavy atom. The summed E-state index contributed by atoms with van der Waals surface area (Å²) in [5.74, 6) is -1.71. The van der Waals surface area contributed by atoms with Gasteiger partial charge in [0.1, 0.15) is 40.1 Å². The van der Waals surface area contributed by atoms with Gasteiger partial charge in [0.25, 0.3) is 0 Å². The first-order valence-corrected chi connectivity index (χ1v) is 23.3. The fraction of sp³-hybridized carbons (Fsp3) is 0.191. The maximum atomic E-state index is 15.2. The Hall–Kier alpha value is -6.73. The Balaban J connectivity index is 1.09. The smallest absolute Gasteiger partial charge is 0.419 e. The number of halogens is 7. The Bertz CT molecular complexity index is 3400. The lowest BCUT2D eigenvalue weighted by Gasteiger charge is -2.14. The molecule has 1 atom stereocenters. The number of pyridine rings is 2. The van der Waals surface area contributed by atoms with Crippen LogP contribution < -0.4 is 9.47 Å². The summed E-state index contributed by atoms with van der Waals surface area (Å²) in [7, 11) is -8.13. The number of hydrogen-bond donors (Lipinski definition) is 0. The van der Waals surface area contributed by atoms with Crippen LogP contribution in [0, 0.1) is 19.7 Å². The SMILES string of the molecule is CCC(C)S(=O)(=O)c1ccc(Oc2cccc(-c3c(C)nc4c(C(F)(F)F)cc(CS(=O)(=O)c5cc(F)cc(Oc6cccc(-c7c(C)nc8c(C(F)(F)F)cccn78)c6)c5)cn34)c2)cc1. The molecule has 4 aromatic carbocycles. The molecule has 66 heavy (non-hydrogen) atoms. The number of sulfone groups is 2. The molecule has 0 saturated heterocycles. The molecule has 4 heterocycles. The number of hydrogen-bond acceptors (Lipinski definition) is 8. The highest BCUT2D eigenvalue weighted by Gasteiger charge is 2.37. The molecule has 8 rings (SSSR count). The van der Waals surface area contributed by atoms with Crippen LogP contribution in [-0.2, 0) is 37.8 Å². The van der Waals surface area contributed by atoms with Crippen LogP contribution in [0.1, 0.15) is 48.3 Å². The molecule has 342 valence electrons. The molecule has 0 amide bonds. The van der Waals surface area contributed by atoms with Gasteiger partial charge in [-0.25, -0.2) is 31.2 Å². The number of benzene rings is 4. The van der Waals surface area contributed by atoms with Crippen molar-refractivity contribution in [3.63, 3.8) is 0 Å². The van der Waals surface area contributed by atoms with E-state index in [9.17, 15) is 43.2 Å². The van der Waals surface area contributed by atoms with Crippen molar-refractivity contribution in [2.75, 3.05) is 0 Å². The standard InChI is InChI=1S/C47H37F7N4O6S2/c1-5-27(2)66(61,62)38-16-14-34(15-17-38)63-35-11-7-10-32(21-35)43-29(4)56-45-41(47(52,53)54)19-30(25-58(43)45)26-65(59,60)39-23-33(48)22-37(24-39)64-36-12-6-9-31(20-36)42-28(3)55-44-40(46(49,50)51)13-8-18-57(42)44/h6-25,27H,5,26H2,1-4H3. The lowest BCUT2D eigenvalue weighted by Crippen LogP contribution is -2.16. The normalized spacial score (nSPS) is 13.1. The first-order valence-electron chi connectivity index (χ1n) is 20.1. The zero-order chi connectivity index (χ0) is 47.5. The van der Waals surface area contributed by atoms with Crippen molar-refractivity contribution < 1.29 is 57.0 Å². The molecule has 4 aromatic heterocycles. The Labute approximate surface area is 373 Å². The fourth-order valence-corrected chi connectivity index (χ4v) is 10.4. The van der Waals surface area contributed by atoms with E-state index in [1.54, 1.807) is 44.2 Å². The van der Waals surface area contributed by atoms with Crippen molar-refractivity contribution in [1.82, 2.24) is 18.8 Å². The van der Waals surface area contributed by atoms with Crippen LogP contribution >= 0.6 is 0 Å². The molecule has 0 bridgehead atoms. The average molecular weight is 951 g/mol. The van der Waals surface area contributed by atoms with E-state index in [2.05, 4.69) is 9.97 Å². The van der Waals surface area contributed by atoms with Gasteiger partial charge in [0, 0.05) is 29.6 Å². The molecular weight excluding hydrogens is 914 g/mol. The third-order valence-electron chi connectivity index (χ3n) is 10.9. The summed E-state index contributed by atoms with van der Waals surface area (Å²) >= 11 is 0. The highest BCUT2D eigenvalue weighted by Crippen LogP contribution is 2.39. The molecule has 19 heteroatoms. The predicted octanol–water partition coefficient (Wildman–Crippen LogP) is 12.2. The number of imidazole rings is 2. The van der Waals surface area contributed by atoms with Crippen molar-refractivity contribution in [2.24, 2.45) is 0 Å². The second-order valence-corrected chi connectivity index (χ2v) is 19.9. The third-order valence-corrected chi connectivity index (χ3v) is 14.9. The van der Waals surface area contributed by atoms with E-state index in [-0.39, 0.29) is 50.4 Å². The molecule has 0 spiro atoms. The summed E-state index contributed by atoms with van der Waals surface area (Å²) in [5.41, 5.74) is -1.57. The minimum atomic E-state index is -4.98. The number of ether oxygens (including phenoxy) is 2. The van der Waals surface area contributed by atoms with Gasteiger partial charge in [0.05, 0.1) is 54.7 Å². The lowest BCUT2D eigenvalue weighted by atomic mass is 10.1. The maximum absolute atomic E-state index is 15.2. The van der Waals surface area contributed by atoms with Gasteiger partial charge in [-0.05, 0) is 112 Å². The monoisotopic (exact) mass is 950 g/mol. The summed E-state index contributed by atoms with van der Waals surface area (Å²) in [5, 5.41) is -0.591. The topological polar surface area (TPSA) is 121 Å². The minimum absolute atomic E-state index is 0.0611. The first-order chi connectivity index (χ1) is 31.0. The Kier molecular flexibility index (Phi) is 11.7. The van der Waals surface area contributed by atoms with E-state index in [1.807, 2.05) is 0 Å². The highest BCUT2D eigenvalue weighted by molar-refractivity contribution is 7.92. The van der Waals surface area contributed by atoms with Crippen LogP contribution in [0.5, 0.6) is 23.0 Å². The van der Waals surface area contributed by atoms with Gasteiger partial charge in [0.2, 0.25) is 0 Å². The summed E-state index contributed by atoms with van der Waals surface area (Å²) in [6, 6.07) is 23.7. The number of aromatic nitrogens is 4. The fourth-order valence-electron chi connectivity index (χ4n) is 7.61. The molecule has 0 saturated carbocycles. The molecule has 0 fully saturated rings. The third kappa shape index (κ3) is 8.96. The van der Waals surface area contributed by atoms with E-state index in [1.165, 1.54) is 79.2 Å². The number of aryl methyl sites for hydroxylation is 2. The molecule has 8 aromatic rings. The predicted molar refractivity (Wildman–Crippen MR) is 232 cm³/mol. The maximum Gasteiger partial charge on any atom is 0.419 e. The quantitative estimate of drug-likeness (QED) is 0.111. The number of rotatable bonds is 12. The van der Waals surface area contributed by atoms with Crippen molar-refractivity contribution in [1.29, 1.82) is 0 Å². The number of nitrogens with zero attached hydrogens (tertiary/aromatic N) is 4. The van der Waals surface area contributed by atoms with Gasteiger partial charge in [-0.15, -0.1) is 0 Å². The minimum Gasteiger partial charge on any atom is -0.457 e. The van der Waals surface area contributed by atoms with Gasteiger partial charge in [-0.1, -0.05) is 31.2 Å². The van der Waals surface area contributed by atoms with Crippen molar-refractivity contribution in [3.05, 3.63) is 155 Å². The zero-order valence-electron chi connectivity index (χ0n) is 35.2. The van der Waals surface area contributed by atoms with Gasteiger partial charge >= 0.3 is 12.4 Å². The highest BCUT2D eigenvalue weighted by atomic mass is 32.2. The zero-order valence-corrected chi connectivity index (χ0v) is 36.9. The molecule has 0 aliphatic rings. The summed E-state index contributed by atoms with van der Waals surface area (Å²) < 4.78 is 168. The van der Waals surface area contributed by atoms with Crippen LogP contribution in [0.2, 0.25) is 0 Å². The van der Waals surface area contributed by atoms with E-state index < -0.39 is 70.5 Å². The van der Waals surface area contributed by atoms with Crippen molar-refractivity contribution in [2.45, 2.75) is 67.3 Å². The summed E-state index contributed by atoms with van der Waals surface area (Å²) in [4.78, 5) is 7.88. The summed E-state index contributed by atoms with van der Waals surface area (Å²) in [6.07, 6.45) is -6.59. The molecule has 0 N–H and O–H groups in total. The molecular formula is C47H37F7N4O6S2. The van der Waals surface area contributed by atoms with Crippen LogP contribution in [-0.4, -0.2) is 40.9 Å². The van der Waals surface area contributed by atoms with E-state index in [0.717, 1.165) is 22.6 Å². The van der Waals surface area contributed by atoms with Gasteiger partial charge in [-0.3, -0.25) is 8.80 Å². The second-order valence-electron chi connectivity index (χ2n) is 15.5. The number of fused-ring (bicyclic) bond motifs is 2. The molecule has 0 aliphatic carbocycles. The van der Waals surface area contributed by atoms with Gasteiger partial charge < -0.3 is 9.47 Å². The first kappa shape index (κ1) is 45.8. The second kappa shape index (κ2) is 16.9. The molecule has 1 unspecified atom stereocenters. The average Bonchev–Trinajstić information content (AvgIpc) is 3.77. The molecule has 0 radical (unpaired) electrons. The van der Waals surface area contributed by atoms with E-state index >= 15 is 4.39 Å².